The van der Waals surface area contributed by atoms with Crippen molar-refractivity contribution in [1.29, 1.82) is 0 Å². The second-order valence-corrected chi connectivity index (χ2v) is 4.30. The summed E-state index contributed by atoms with van der Waals surface area (Å²) in [5.41, 5.74) is 1.66. The molecule has 0 spiro atoms. The number of hydrogen-bond acceptors (Lipinski definition) is 4. The first-order chi connectivity index (χ1) is 8.15. The first-order valence-corrected chi connectivity index (χ1v) is 5.52. The molecule has 0 saturated carbocycles. The average molecular weight is 232 g/mol. The highest BCUT2D eigenvalue weighted by Crippen LogP contribution is 2.34. The Morgan fingerprint density at radius 2 is 2.18 bits per heavy atom. The van der Waals surface area contributed by atoms with Crippen LogP contribution in [0.3, 0.4) is 0 Å². The molecular formula is C11H12N4O2. The molecule has 2 aromatic rings. The van der Waals surface area contributed by atoms with Crippen molar-refractivity contribution in [3.05, 3.63) is 28.4 Å². The Labute approximate surface area is 97.6 Å². The third-order valence-corrected chi connectivity index (χ3v) is 3.11. The second kappa shape index (κ2) is 3.44. The highest BCUT2D eigenvalue weighted by atomic mass is 16.6. The number of aromatic nitrogens is 2. The number of nitro groups is 1. The molecule has 17 heavy (non-hydrogen) atoms. The van der Waals surface area contributed by atoms with Gasteiger partial charge in [0.25, 0.3) is 5.69 Å². The van der Waals surface area contributed by atoms with Gasteiger partial charge in [-0.05, 0) is 12.5 Å². The standard InChI is InChI=1S/C11H12N4O2/c1-13-7-8-5-11(15(16)17)10(6-9(8)12-13)14-3-2-4-14/h5-7H,2-4H2,1H3. The lowest BCUT2D eigenvalue weighted by molar-refractivity contribution is -0.384. The Morgan fingerprint density at radius 1 is 1.41 bits per heavy atom. The maximum atomic E-state index is 11.1. The molecule has 0 unspecified atom stereocenters. The number of anilines is 1. The molecule has 1 saturated heterocycles. The highest BCUT2D eigenvalue weighted by Gasteiger charge is 2.25. The summed E-state index contributed by atoms with van der Waals surface area (Å²) in [6, 6.07) is 3.42. The van der Waals surface area contributed by atoms with Crippen molar-refractivity contribution in [2.24, 2.45) is 7.05 Å². The van der Waals surface area contributed by atoms with Crippen LogP contribution >= 0.6 is 0 Å². The van der Waals surface area contributed by atoms with Gasteiger partial charge in [-0.3, -0.25) is 14.8 Å². The van der Waals surface area contributed by atoms with E-state index in [0.29, 0.717) is 5.69 Å². The van der Waals surface area contributed by atoms with E-state index in [1.807, 2.05) is 18.0 Å². The molecule has 1 aliphatic rings. The molecule has 0 radical (unpaired) electrons. The number of nitrogens with zero attached hydrogens (tertiary/aromatic N) is 4. The predicted molar refractivity (Wildman–Crippen MR) is 64.2 cm³/mol. The Hall–Kier alpha value is -2.11. The van der Waals surface area contributed by atoms with E-state index in [9.17, 15) is 10.1 Å². The molecule has 0 N–H and O–H groups in total. The van der Waals surface area contributed by atoms with Crippen molar-refractivity contribution < 1.29 is 4.92 Å². The van der Waals surface area contributed by atoms with Crippen molar-refractivity contribution in [3.8, 4) is 0 Å². The Morgan fingerprint density at radius 3 is 2.76 bits per heavy atom. The van der Waals surface area contributed by atoms with Gasteiger partial charge in [-0.1, -0.05) is 0 Å². The smallest absolute Gasteiger partial charge is 0.293 e. The molecule has 6 nitrogen and oxygen atoms in total. The quantitative estimate of drug-likeness (QED) is 0.584. The van der Waals surface area contributed by atoms with Crippen molar-refractivity contribution in [3.63, 3.8) is 0 Å². The molecule has 1 fully saturated rings. The van der Waals surface area contributed by atoms with E-state index < -0.39 is 0 Å². The van der Waals surface area contributed by atoms with Gasteiger partial charge in [0, 0.05) is 37.8 Å². The summed E-state index contributed by atoms with van der Waals surface area (Å²) in [6.07, 6.45) is 2.89. The van der Waals surface area contributed by atoms with Gasteiger partial charge in [-0.15, -0.1) is 0 Å². The number of fused-ring (bicyclic) bond motifs is 1. The number of benzene rings is 1. The lowest BCUT2D eigenvalue weighted by Crippen LogP contribution is -2.37. The maximum Gasteiger partial charge on any atom is 0.293 e. The molecule has 0 atom stereocenters. The minimum atomic E-state index is -0.319. The first-order valence-electron chi connectivity index (χ1n) is 5.52. The van der Waals surface area contributed by atoms with E-state index in [2.05, 4.69) is 5.10 Å². The largest absolute Gasteiger partial charge is 0.366 e. The van der Waals surface area contributed by atoms with Crippen LogP contribution in [-0.4, -0.2) is 27.8 Å². The molecule has 3 rings (SSSR count). The zero-order chi connectivity index (χ0) is 12.0. The summed E-state index contributed by atoms with van der Waals surface area (Å²) in [6.45, 7) is 1.78. The molecule has 2 heterocycles. The number of nitro benzene ring substituents is 1. The van der Waals surface area contributed by atoms with Crippen LogP contribution in [-0.2, 0) is 7.05 Å². The minimum absolute atomic E-state index is 0.171. The Bertz CT molecular complexity index is 601. The zero-order valence-electron chi connectivity index (χ0n) is 9.46. The molecule has 1 aromatic heterocycles. The van der Waals surface area contributed by atoms with Crippen LogP contribution in [0.1, 0.15) is 6.42 Å². The van der Waals surface area contributed by atoms with Crippen LogP contribution < -0.4 is 4.90 Å². The lowest BCUT2D eigenvalue weighted by atomic mass is 10.1. The van der Waals surface area contributed by atoms with Gasteiger partial charge in [-0.2, -0.15) is 5.10 Å². The van der Waals surface area contributed by atoms with Gasteiger partial charge in [0.15, 0.2) is 0 Å². The van der Waals surface area contributed by atoms with Gasteiger partial charge in [0.05, 0.1) is 10.4 Å². The highest BCUT2D eigenvalue weighted by molar-refractivity contribution is 5.87. The summed E-state index contributed by atoms with van der Waals surface area (Å²) in [4.78, 5) is 12.8. The van der Waals surface area contributed by atoms with Crippen LogP contribution in [0.2, 0.25) is 0 Å². The second-order valence-electron chi connectivity index (χ2n) is 4.30. The maximum absolute atomic E-state index is 11.1. The normalized spacial score (nSPS) is 15.0. The van der Waals surface area contributed by atoms with E-state index in [1.54, 1.807) is 16.9 Å². The van der Waals surface area contributed by atoms with E-state index in [1.165, 1.54) is 0 Å². The SMILES string of the molecule is Cn1cc2cc([N+](=O)[O-])c(N3CCC3)cc2n1. The van der Waals surface area contributed by atoms with Crippen molar-refractivity contribution in [1.82, 2.24) is 9.78 Å². The van der Waals surface area contributed by atoms with E-state index in [-0.39, 0.29) is 10.6 Å². The van der Waals surface area contributed by atoms with Gasteiger partial charge in [0.2, 0.25) is 0 Å². The lowest BCUT2D eigenvalue weighted by Gasteiger charge is -2.32. The fourth-order valence-corrected chi connectivity index (χ4v) is 2.13. The molecule has 0 bridgehead atoms. The molecule has 1 aliphatic heterocycles. The number of hydrogen-bond donors (Lipinski definition) is 0. The summed E-state index contributed by atoms with van der Waals surface area (Å²) < 4.78 is 1.67. The Kier molecular flexibility index (Phi) is 2.04. The number of aryl methyl sites for hydroxylation is 1. The molecule has 0 amide bonds. The zero-order valence-corrected chi connectivity index (χ0v) is 9.46. The summed E-state index contributed by atoms with van der Waals surface area (Å²) in [7, 11) is 1.81. The average Bonchev–Trinajstić information content (AvgIpc) is 2.53. The van der Waals surface area contributed by atoms with E-state index in [0.717, 1.165) is 30.4 Å². The molecule has 0 aliphatic carbocycles. The predicted octanol–water partition coefficient (Wildman–Crippen LogP) is 1.69. The number of rotatable bonds is 2. The van der Waals surface area contributed by atoms with Crippen LogP contribution in [0.15, 0.2) is 18.3 Å². The Balaban J connectivity index is 2.21. The summed E-state index contributed by atoms with van der Waals surface area (Å²) in [5, 5.41) is 16.2. The van der Waals surface area contributed by atoms with Crippen LogP contribution in [0.25, 0.3) is 10.9 Å². The summed E-state index contributed by atoms with van der Waals surface area (Å²) >= 11 is 0. The van der Waals surface area contributed by atoms with Gasteiger partial charge >= 0.3 is 0 Å². The fraction of sp³-hybridized carbons (Fsp3) is 0.364. The van der Waals surface area contributed by atoms with Gasteiger partial charge in [0.1, 0.15) is 5.69 Å². The molecule has 6 heteroatoms. The van der Waals surface area contributed by atoms with Crippen LogP contribution in [0.4, 0.5) is 11.4 Å². The van der Waals surface area contributed by atoms with E-state index in [4.69, 9.17) is 0 Å². The summed E-state index contributed by atoms with van der Waals surface area (Å²) in [5.74, 6) is 0. The first kappa shape index (κ1) is 10.1. The third-order valence-electron chi connectivity index (χ3n) is 3.11. The molecular weight excluding hydrogens is 220 g/mol. The van der Waals surface area contributed by atoms with E-state index >= 15 is 0 Å². The van der Waals surface area contributed by atoms with Gasteiger partial charge in [-0.25, -0.2) is 0 Å². The minimum Gasteiger partial charge on any atom is -0.366 e. The van der Waals surface area contributed by atoms with Crippen molar-refractivity contribution in [2.45, 2.75) is 6.42 Å². The third kappa shape index (κ3) is 1.52. The van der Waals surface area contributed by atoms with Gasteiger partial charge < -0.3 is 4.90 Å². The van der Waals surface area contributed by atoms with Crippen LogP contribution in [0.5, 0.6) is 0 Å². The molecule has 1 aromatic carbocycles. The topological polar surface area (TPSA) is 64.2 Å². The fourth-order valence-electron chi connectivity index (χ4n) is 2.13. The van der Waals surface area contributed by atoms with Crippen LogP contribution in [0, 0.1) is 10.1 Å². The monoisotopic (exact) mass is 232 g/mol. The van der Waals surface area contributed by atoms with Crippen molar-refractivity contribution in [2.75, 3.05) is 18.0 Å². The van der Waals surface area contributed by atoms with Crippen molar-refractivity contribution >= 4 is 22.3 Å². The molecule has 88 valence electrons.